The maximum absolute atomic E-state index is 12.5. The van der Waals surface area contributed by atoms with Crippen LogP contribution in [0, 0.1) is 19.8 Å². The third-order valence-corrected chi connectivity index (χ3v) is 7.20. The van der Waals surface area contributed by atoms with Crippen LogP contribution in [0.2, 0.25) is 0 Å². The van der Waals surface area contributed by atoms with Gasteiger partial charge >= 0.3 is 0 Å². The van der Waals surface area contributed by atoms with Gasteiger partial charge in [0.2, 0.25) is 0 Å². The van der Waals surface area contributed by atoms with Crippen LogP contribution in [0.15, 0.2) is 4.52 Å². The molecule has 1 aromatic rings. The van der Waals surface area contributed by atoms with Gasteiger partial charge < -0.3 is 4.52 Å². The highest BCUT2D eigenvalue weighted by atomic mass is 32.2. The molecule has 2 saturated heterocycles. The first kappa shape index (κ1) is 12.8. The summed E-state index contributed by atoms with van der Waals surface area (Å²) in [6.07, 6.45) is 2.33. The van der Waals surface area contributed by atoms with E-state index in [1.54, 1.807) is 13.8 Å². The Bertz CT molecular complexity index is 592. The molecule has 2 aliphatic rings. The van der Waals surface area contributed by atoms with E-state index >= 15 is 0 Å². The number of hydrogen-bond acceptors (Lipinski definition) is 5. The molecule has 104 valence electrons. The van der Waals surface area contributed by atoms with Gasteiger partial charge in [-0.2, -0.15) is 0 Å². The molecule has 0 aliphatic carbocycles. The molecule has 0 N–H and O–H groups in total. The maximum Gasteiger partial charge on any atom is 0.171 e. The molecule has 2 fully saturated rings. The van der Waals surface area contributed by atoms with Crippen molar-refractivity contribution in [2.24, 2.45) is 5.92 Å². The minimum absolute atomic E-state index is 0.00282. The van der Waals surface area contributed by atoms with Crippen molar-refractivity contribution in [3.63, 3.8) is 0 Å². The molecule has 3 rings (SSSR count). The van der Waals surface area contributed by atoms with E-state index in [-0.39, 0.29) is 22.2 Å². The van der Waals surface area contributed by atoms with Crippen molar-refractivity contribution in [1.29, 1.82) is 0 Å². The predicted molar refractivity (Wildman–Crippen MR) is 68.8 cm³/mol. The van der Waals surface area contributed by atoms with Gasteiger partial charge in [0.1, 0.15) is 5.76 Å². The van der Waals surface area contributed by atoms with Crippen LogP contribution in [-0.4, -0.2) is 29.9 Å². The zero-order valence-corrected chi connectivity index (χ0v) is 11.9. The Morgan fingerprint density at radius 1 is 1.21 bits per heavy atom. The van der Waals surface area contributed by atoms with Crippen molar-refractivity contribution in [3.8, 4) is 0 Å². The summed E-state index contributed by atoms with van der Waals surface area (Å²) in [6.45, 7) is 3.47. The molecule has 5 nitrogen and oxygen atoms in total. The topological polar surface area (TPSA) is 77.2 Å². The Kier molecular flexibility index (Phi) is 2.81. The Hall–Kier alpha value is -1.17. The number of fused-ring (bicyclic) bond motifs is 2. The van der Waals surface area contributed by atoms with Crippen molar-refractivity contribution >= 4 is 15.6 Å². The van der Waals surface area contributed by atoms with Gasteiger partial charge in [0.25, 0.3) is 0 Å². The van der Waals surface area contributed by atoms with E-state index in [0.29, 0.717) is 42.7 Å². The second-order valence-electron chi connectivity index (χ2n) is 5.64. The van der Waals surface area contributed by atoms with Crippen molar-refractivity contribution in [1.82, 2.24) is 5.16 Å². The predicted octanol–water partition coefficient (Wildman–Crippen LogP) is 1.83. The van der Waals surface area contributed by atoms with Crippen LogP contribution in [0.1, 0.15) is 47.5 Å². The lowest BCUT2D eigenvalue weighted by molar-refractivity contribution is 0.0903. The molecule has 0 amide bonds. The highest BCUT2D eigenvalue weighted by Crippen LogP contribution is 2.42. The van der Waals surface area contributed by atoms with E-state index in [1.807, 2.05) is 0 Å². The number of carbonyl (C=O) groups excluding carboxylic acids is 1. The van der Waals surface area contributed by atoms with E-state index in [2.05, 4.69) is 5.16 Å². The molecule has 0 saturated carbocycles. The monoisotopic (exact) mass is 283 g/mol. The summed E-state index contributed by atoms with van der Waals surface area (Å²) in [5.74, 6) is 0.337. The number of nitrogens with zero attached hydrogens (tertiary/aromatic N) is 1. The van der Waals surface area contributed by atoms with Crippen LogP contribution in [0.4, 0.5) is 0 Å². The van der Waals surface area contributed by atoms with E-state index < -0.39 is 9.84 Å². The summed E-state index contributed by atoms with van der Waals surface area (Å²) in [5.41, 5.74) is 1.15. The standard InChI is InChI=1S/C13H17NO4S/c1-7-12(8(2)18-14-7)13(15)9-5-10-3-4-11(6-9)19(10,16)17/h9-11H,3-6H2,1-2H3. The molecular formula is C13H17NO4S. The summed E-state index contributed by atoms with van der Waals surface area (Å²) in [7, 11) is -2.98. The van der Waals surface area contributed by atoms with Crippen LogP contribution < -0.4 is 0 Å². The minimum Gasteiger partial charge on any atom is -0.361 e. The normalized spacial score (nSPS) is 32.4. The highest BCUT2D eigenvalue weighted by molar-refractivity contribution is 7.93. The SMILES string of the molecule is Cc1noc(C)c1C(=O)C1CC2CCC(C1)S2(=O)=O. The molecule has 2 aliphatic heterocycles. The lowest BCUT2D eigenvalue weighted by Crippen LogP contribution is -2.36. The summed E-state index contributed by atoms with van der Waals surface area (Å²) in [6, 6.07) is 0. The molecule has 3 heterocycles. The van der Waals surface area contributed by atoms with Gasteiger partial charge in [-0.25, -0.2) is 8.42 Å². The van der Waals surface area contributed by atoms with Gasteiger partial charge in [-0.1, -0.05) is 5.16 Å². The minimum atomic E-state index is -2.98. The highest BCUT2D eigenvalue weighted by Gasteiger charge is 2.49. The summed E-state index contributed by atoms with van der Waals surface area (Å²) >= 11 is 0. The Labute approximate surface area is 112 Å². The lowest BCUT2D eigenvalue weighted by atomic mass is 9.89. The number of rotatable bonds is 2. The number of Topliss-reactive ketones (excluding diaryl/α,β-unsaturated/α-hetero) is 1. The number of hydrogen-bond donors (Lipinski definition) is 0. The fourth-order valence-electron chi connectivity index (χ4n) is 3.46. The van der Waals surface area contributed by atoms with Crippen LogP contribution in [0.25, 0.3) is 0 Å². The molecule has 0 radical (unpaired) electrons. The molecular weight excluding hydrogens is 266 g/mol. The molecule has 19 heavy (non-hydrogen) atoms. The number of aryl methyl sites for hydroxylation is 2. The van der Waals surface area contributed by atoms with E-state index in [4.69, 9.17) is 4.52 Å². The first-order valence-electron chi connectivity index (χ1n) is 6.61. The maximum atomic E-state index is 12.5. The lowest BCUT2D eigenvalue weighted by Gasteiger charge is -2.26. The van der Waals surface area contributed by atoms with Gasteiger partial charge in [-0.05, 0) is 39.5 Å². The first-order chi connectivity index (χ1) is 8.91. The Morgan fingerprint density at radius 2 is 1.79 bits per heavy atom. The largest absolute Gasteiger partial charge is 0.361 e. The van der Waals surface area contributed by atoms with Crippen LogP contribution in [0.5, 0.6) is 0 Å². The summed E-state index contributed by atoms with van der Waals surface area (Å²) in [5, 5.41) is 3.16. The van der Waals surface area contributed by atoms with Gasteiger partial charge in [0, 0.05) is 5.92 Å². The fraction of sp³-hybridized carbons (Fsp3) is 0.692. The Balaban J connectivity index is 1.88. The number of sulfone groups is 1. The summed E-state index contributed by atoms with van der Waals surface area (Å²) in [4.78, 5) is 12.5. The molecule has 2 atom stereocenters. The van der Waals surface area contributed by atoms with Gasteiger partial charge in [0.15, 0.2) is 15.6 Å². The third kappa shape index (κ3) is 1.84. The smallest absolute Gasteiger partial charge is 0.171 e. The molecule has 6 heteroatoms. The molecule has 0 aromatic carbocycles. The van der Waals surface area contributed by atoms with E-state index in [0.717, 1.165) is 0 Å². The molecule has 0 spiro atoms. The number of aromatic nitrogens is 1. The Morgan fingerprint density at radius 3 is 2.26 bits per heavy atom. The average molecular weight is 283 g/mol. The van der Waals surface area contributed by atoms with Gasteiger partial charge in [-0.15, -0.1) is 0 Å². The van der Waals surface area contributed by atoms with Gasteiger partial charge in [-0.3, -0.25) is 4.79 Å². The fourth-order valence-corrected chi connectivity index (χ4v) is 5.93. The average Bonchev–Trinajstić information content (AvgIpc) is 2.73. The van der Waals surface area contributed by atoms with Crippen LogP contribution in [0.3, 0.4) is 0 Å². The summed E-state index contributed by atoms with van der Waals surface area (Å²) < 4.78 is 29.1. The quantitative estimate of drug-likeness (QED) is 0.774. The van der Waals surface area contributed by atoms with Crippen molar-refractivity contribution < 1.29 is 17.7 Å². The van der Waals surface area contributed by atoms with Gasteiger partial charge in [0.05, 0.1) is 21.8 Å². The van der Waals surface area contributed by atoms with E-state index in [1.165, 1.54) is 0 Å². The van der Waals surface area contributed by atoms with Crippen molar-refractivity contribution in [2.75, 3.05) is 0 Å². The van der Waals surface area contributed by atoms with Crippen LogP contribution >= 0.6 is 0 Å². The molecule has 2 bridgehead atoms. The zero-order chi connectivity index (χ0) is 13.8. The molecule has 1 aromatic heterocycles. The second kappa shape index (κ2) is 4.16. The molecule has 2 unspecified atom stereocenters. The first-order valence-corrected chi connectivity index (χ1v) is 8.22. The zero-order valence-electron chi connectivity index (χ0n) is 11.0. The second-order valence-corrected chi connectivity index (χ2v) is 8.15. The van der Waals surface area contributed by atoms with E-state index in [9.17, 15) is 13.2 Å². The third-order valence-electron chi connectivity index (χ3n) is 4.49. The van der Waals surface area contributed by atoms with Crippen molar-refractivity contribution in [3.05, 3.63) is 17.0 Å². The van der Waals surface area contributed by atoms with Crippen molar-refractivity contribution in [2.45, 2.75) is 50.0 Å². The van der Waals surface area contributed by atoms with Crippen LogP contribution in [-0.2, 0) is 9.84 Å². The number of carbonyl (C=O) groups is 1. The number of ketones is 1.